The molecular formula is C15H17F3O5S. The lowest BCUT2D eigenvalue weighted by molar-refractivity contribution is -0.441. The van der Waals surface area contributed by atoms with Gasteiger partial charge in [-0.25, -0.2) is 0 Å². The first kappa shape index (κ1) is 18.9. The van der Waals surface area contributed by atoms with Gasteiger partial charge in [-0.2, -0.15) is 0 Å². The van der Waals surface area contributed by atoms with Crippen LogP contribution in [0.2, 0.25) is 0 Å². The minimum absolute atomic E-state index is 0.0731. The van der Waals surface area contributed by atoms with Gasteiger partial charge in [0.15, 0.2) is 0 Å². The fourth-order valence-corrected chi connectivity index (χ4v) is 3.28. The Bertz CT molecular complexity index is 579. The summed E-state index contributed by atoms with van der Waals surface area (Å²) in [6.45, 7) is 1.94. The molecular weight excluding hydrogens is 349 g/mol. The Hall–Kier alpha value is -1.45. The van der Waals surface area contributed by atoms with Gasteiger partial charge in [0, 0.05) is 0 Å². The molecule has 5 nitrogen and oxygen atoms in total. The number of esters is 1. The van der Waals surface area contributed by atoms with Gasteiger partial charge in [-0.3, -0.25) is 4.79 Å². The number of methoxy groups -OCH3 is 1. The van der Waals surface area contributed by atoms with Gasteiger partial charge >= 0.3 is 12.3 Å². The molecule has 1 aromatic rings. The van der Waals surface area contributed by atoms with Crippen molar-refractivity contribution in [2.24, 2.45) is 5.92 Å². The summed E-state index contributed by atoms with van der Waals surface area (Å²) in [4.78, 5) is 15.0. The number of hydrogen-bond acceptors (Lipinski definition) is 6. The second-order valence-electron chi connectivity index (χ2n) is 5.29. The Labute approximate surface area is 141 Å². The molecule has 0 amide bonds. The van der Waals surface area contributed by atoms with Crippen LogP contribution in [0.4, 0.5) is 13.2 Å². The van der Waals surface area contributed by atoms with Crippen LogP contribution in [0.1, 0.15) is 36.8 Å². The van der Waals surface area contributed by atoms with Crippen LogP contribution >= 0.6 is 12.3 Å². The lowest BCUT2D eigenvalue weighted by Gasteiger charge is -2.20. The maximum Gasteiger partial charge on any atom is 0.550 e. The second kappa shape index (κ2) is 8.09. The highest BCUT2D eigenvalue weighted by Gasteiger charge is 2.34. The predicted octanol–water partition coefficient (Wildman–Crippen LogP) is 4.33. The molecule has 0 saturated carbocycles. The number of benzene rings is 1. The van der Waals surface area contributed by atoms with Gasteiger partial charge < -0.3 is 8.92 Å². The van der Waals surface area contributed by atoms with Gasteiger partial charge in [0.05, 0.1) is 13.0 Å². The Kier molecular flexibility index (Phi) is 6.36. The summed E-state index contributed by atoms with van der Waals surface area (Å²) in [6, 6.07) is 5.16. The number of fused-ring (bicyclic) bond motifs is 1. The molecule has 9 heteroatoms. The molecule has 1 aliphatic rings. The number of rotatable bonds is 7. The number of carbonyl (C=O) groups is 1. The number of alkyl halides is 3. The molecule has 0 heterocycles. The number of halogens is 3. The molecule has 2 unspecified atom stereocenters. The van der Waals surface area contributed by atoms with E-state index in [-0.39, 0.29) is 30.1 Å². The third-order valence-electron chi connectivity index (χ3n) is 3.95. The van der Waals surface area contributed by atoms with Crippen molar-refractivity contribution in [3.63, 3.8) is 0 Å². The maximum absolute atomic E-state index is 11.9. The van der Waals surface area contributed by atoms with Crippen molar-refractivity contribution in [3.8, 4) is 5.75 Å². The molecule has 0 fully saturated rings. The number of carbonyl (C=O) groups excluding carboxylic acids is 1. The van der Waals surface area contributed by atoms with Gasteiger partial charge in [-0.1, -0.05) is 13.0 Å². The topological polar surface area (TPSA) is 54.0 Å². The van der Waals surface area contributed by atoms with E-state index in [4.69, 9.17) is 8.92 Å². The average Bonchev–Trinajstić information content (AvgIpc) is 2.94. The molecule has 0 aromatic heterocycles. The molecule has 0 radical (unpaired) electrons. The van der Waals surface area contributed by atoms with Gasteiger partial charge in [-0.05, 0) is 48.4 Å². The van der Waals surface area contributed by atoms with E-state index in [1.807, 2.05) is 13.0 Å². The third kappa shape index (κ3) is 4.78. The van der Waals surface area contributed by atoms with Crippen molar-refractivity contribution in [3.05, 3.63) is 29.3 Å². The van der Waals surface area contributed by atoms with E-state index < -0.39 is 6.36 Å². The molecule has 2 atom stereocenters. The molecule has 1 aliphatic carbocycles. The Morgan fingerprint density at radius 3 is 2.79 bits per heavy atom. The lowest BCUT2D eigenvalue weighted by atomic mass is 9.85. The second-order valence-corrected chi connectivity index (χ2v) is 5.73. The van der Waals surface area contributed by atoms with E-state index in [0.717, 1.165) is 24.0 Å². The van der Waals surface area contributed by atoms with Gasteiger partial charge in [0.25, 0.3) is 12.3 Å². The molecule has 24 heavy (non-hydrogen) atoms. The zero-order valence-electron chi connectivity index (χ0n) is 13.1. The van der Waals surface area contributed by atoms with E-state index in [2.05, 4.69) is 9.22 Å². The first-order chi connectivity index (χ1) is 11.4. The van der Waals surface area contributed by atoms with E-state index in [1.165, 1.54) is 7.11 Å². The molecule has 1 aromatic carbocycles. The van der Waals surface area contributed by atoms with Gasteiger partial charge in [0.1, 0.15) is 5.75 Å². The van der Waals surface area contributed by atoms with Crippen molar-refractivity contribution < 1.29 is 36.1 Å². The molecule has 0 spiro atoms. The van der Waals surface area contributed by atoms with Crippen LogP contribution in [0.5, 0.6) is 5.75 Å². The quantitative estimate of drug-likeness (QED) is 0.235. The maximum atomic E-state index is 11.9. The van der Waals surface area contributed by atoms with E-state index in [9.17, 15) is 18.0 Å². The van der Waals surface area contributed by atoms with Crippen molar-refractivity contribution >= 4 is 18.3 Å². The van der Waals surface area contributed by atoms with E-state index in [0.29, 0.717) is 12.2 Å². The highest BCUT2D eigenvalue weighted by Crippen LogP contribution is 2.41. The smallest absolute Gasteiger partial charge is 0.469 e. The first-order valence-corrected chi connectivity index (χ1v) is 7.98. The van der Waals surface area contributed by atoms with Crippen LogP contribution in [-0.2, 0) is 25.2 Å². The van der Waals surface area contributed by atoms with Crippen LogP contribution in [0.3, 0.4) is 0 Å². The summed E-state index contributed by atoms with van der Waals surface area (Å²) >= 11 is 0.0825. The molecule has 0 bridgehead atoms. The molecule has 0 saturated heterocycles. The predicted molar refractivity (Wildman–Crippen MR) is 79.7 cm³/mol. The molecule has 134 valence electrons. The lowest BCUT2D eigenvalue weighted by Crippen LogP contribution is -2.21. The number of aryl methyl sites for hydroxylation is 1. The van der Waals surface area contributed by atoms with E-state index >= 15 is 0 Å². The summed E-state index contributed by atoms with van der Waals surface area (Å²) < 4.78 is 49.0. The average molecular weight is 366 g/mol. The SMILES string of the molecule is CCC(C(=O)OC)C1CCc2cc(OSOOC(F)(F)F)ccc21. The number of ether oxygens (including phenoxy) is 1. The highest BCUT2D eigenvalue weighted by atomic mass is 32.2. The van der Waals surface area contributed by atoms with Crippen molar-refractivity contribution in [1.29, 1.82) is 0 Å². The van der Waals surface area contributed by atoms with Crippen molar-refractivity contribution in [2.45, 2.75) is 38.5 Å². The van der Waals surface area contributed by atoms with Gasteiger partial charge in [-0.15, -0.1) is 22.4 Å². The van der Waals surface area contributed by atoms with Crippen molar-refractivity contribution in [2.75, 3.05) is 7.11 Å². The first-order valence-electron chi connectivity index (χ1n) is 7.32. The van der Waals surface area contributed by atoms with Gasteiger partial charge in [0.2, 0.25) is 0 Å². The zero-order chi connectivity index (χ0) is 17.7. The number of hydrogen-bond donors (Lipinski definition) is 0. The summed E-state index contributed by atoms with van der Waals surface area (Å²) in [6.07, 6.45) is -2.64. The Morgan fingerprint density at radius 2 is 2.17 bits per heavy atom. The van der Waals surface area contributed by atoms with E-state index in [1.54, 1.807) is 12.1 Å². The molecule has 0 aliphatic heterocycles. The summed E-state index contributed by atoms with van der Waals surface area (Å²) in [7, 11) is 1.37. The fraction of sp³-hybridized carbons (Fsp3) is 0.533. The van der Waals surface area contributed by atoms with Crippen LogP contribution < -0.4 is 4.18 Å². The fourth-order valence-electron chi connectivity index (χ4n) is 2.97. The molecule has 0 N–H and O–H groups in total. The third-order valence-corrected chi connectivity index (χ3v) is 4.34. The summed E-state index contributed by atoms with van der Waals surface area (Å²) in [5, 5.41) is 0. The minimum atomic E-state index is -4.88. The standard InChI is InChI=1S/C15H17F3O5S/c1-3-11(14(19)20-2)13-6-4-9-8-10(5-7-12(9)13)21-24-23-22-15(16,17)18/h5,7-8,11,13H,3-4,6H2,1-2H3. The van der Waals surface area contributed by atoms with Crippen LogP contribution in [0.25, 0.3) is 0 Å². The Balaban J connectivity index is 1.98. The summed E-state index contributed by atoms with van der Waals surface area (Å²) in [5.41, 5.74) is 2.04. The normalized spacial score (nSPS) is 18.1. The van der Waals surface area contributed by atoms with Crippen molar-refractivity contribution in [1.82, 2.24) is 0 Å². The largest absolute Gasteiger partial charge is 0.550 e. The molecule has 2 rings (SSSR count). The van der Waals surface area contributed by atoms with Crippen LogP contribution in [0.15, 0.2) is 18.2 Å². The minimum Gasteiger partial charge on any atom is -0.469 e. The highest BCUT2D eigenvalue weighted by molar-refractivity contribution is 7.90. The zero-order valence-corrected chi connectivity index (χ0v) is 13.9. The van der Waals surface area contributed by atoms with Crippen LogP contribution in [-0.4, -0.2) is 19.4 Å². The van der Waals surface area contributed by atoms with Crippen LogP contribution in [0, 0.1) is 5.92 Å². The summed E-state index contributed by atoms with van der Waals surface area (Å²) in [5.74, 6) is -0.0231. The Morgan fingerprint density at radius 1 is 1.42 bits per heavy atom. The monoisotopic (exact) mass is 366 g/mol.